The minimum absolute atomic E-state index is 0.0644. The van der Waals surface area contributed by atoms with Crippen molar-refractivity contribution in [3.05, 3.63) is 0 Å². The number of amides is 1. The van der Waals surface area contributed by atoms with Gasteiger partial charge in [0.25, 0.3) is 0 Å². The van der Waals surface area contributed by atoms with Crippen LogP contribution in [0, 0.1) is 5.92 Å². The van der Waals surface area contributed by atoms with Gasteiger partial charge in [0, 0.05) is 19.5 Å². The van der Waals surface area contributed by atoms with Crippen molar-refractivity contribution in [2.75, 3.05) is 20.2 Å². The summed E-state index contributed by atoms with van der Waals surface area (Å²) in [6, 6.07) is 0. The average molecular weight is 185 g/mol. The highest BCUT2D eigenvalue weighted by Gasteiger charge is 2.23. The third-order valence-corrected chi connectivity index (χ3v) is 2.77. The predicted molar refractivity (Wildman–Crippen MR) is 51.3 cm³/mol. The Kier molecular flexibility index (Phi) is 4.22. The molecule has 0 spiro atoms. The van der Waals surface area contributed by atoms with E-state index in [1.807, 2.05) is 0 Å². The highest BCUT2D eigenvalue weighted by molar-refractivity contribution is 5.78. The van der Waals surface area contributed by atoms with E-state index in [0.717, 1.165) is 12.8 Å². The normalized spacial score (nSPS) is 18.6. The van der Waals surface area contributed by atoms with Crippen LogP contribution in [0.4, 0.5) is 0 Å². The maximum Gasteiger partial charge on any atom is 0.225 e. The lowest BCUT2D eigenvalue weighted by Crippen LogP contribution is -2.35. The van der Waals surface area contributed by atoms with Gasteiger partial charge in [-0.25, -0.2) is 0 Å². The van der Waals surface area contributed by atoms with Crippen LogP contribution >= 0.6 is 0 Å². The monoisotopic (exact) mass is 185 g/mol. The maximum absolute atomic E-state index is 11.7. The molecular formula is C10H19NO2. The molecule has 0 aromatic rings. The fourth-order valence-electron chi connectivity index (χ4n) is 1.92. The molecule has 1 N–H and O–H groups in total. The van der Waals surface area contributed by atoms with Gasteiger partial charge < -0.3 is 10.0 Å². The third-order valence-electron chi connectivity index (χ3n) is 2.77. The number of hydrogen-bond acceptors (Lipinski definition) is 2. The van der Waals surface area contributed by atoms with Gasteiger partial charge in [-0.3, -0.25) is 4.79 Å². The van der Waals surface area contributed by atoms with Crippen LogP contribution in [0.2, 0.25) is 0 Å². The van der Waals surface area contributed by atoms with Crippen molar-refractivity contribution in [1.29, 1.82) is 0 Å². The zero-order valence-electron chi connectivity index (χ0n) is 8.33. The van der Waals surface area contributed by atoms with Gasteiger partial charge in [-0.15, -0.1) is 0 Å². The van der Waals surface area contributed by atoms with Gasteiger partial charge in [-0.1, -0.05) is 19.3 Å². The van der Waals surface area contributed by atoms with E-state index in [1.165, 1.54) is 19.3 Å². The molecule has 0 aromatic carbocycles. The third kappa shape index (κ3) is 2.99. The summed E-state index contributed by atoms with van der Waals surface area (Å²) in [5.41, 5.74) is 0. The second-order valence-corrected chi connectivity index (χ2v) is 3.82. The number of aliphatic hydroxyl groups excluding tert-OH is 1. The van der Waals surface area contributed by atoms with Crippen LogP contribution in [0.1, 0.15) is 32.1 Å². The van der Waals surface area contributed by atoms with Gasteiger partial charge in [0.15, 0.2) is 0 Å². The average Bonchev–Trinajstić information content (AvgIpc) is 2.18. The molecule has 1 aliphatic rings. The van der Waals surface area contributed by atoms with E-state index in [0.29, 0.717) is 6.54 Å². The summed E-state index contributed by atoms with van der Waals surface area (Å²) >= 11 is 0. The van der Waals surface area contributed by atoms with E-state index in [1.54, 1.807) is 11.9 Å². The topological polar surface area (TPSA) is 40.5 Å². The Morgan fingerprint density at radius 1 is 1.38 bits per heavy atom. The van der Waals surface area contributed by atoms with Gasteiger partial charge in [-0.05, 0) is 12.8 Å². The molecule has 3 nitrogen and oxygen atoms in total. The van der Waals surface area contributed by atoms with Crippen LogP contribution in [0.5, 0.6) is 0 Å². The highest BCUT2D eigenvalue weighted by Crippen LogP contribution is 2.24. The summed E-state index contributed by atoms with van der Waals surface area (Å²) in [6.07, 6.45) is 5.71. The van der Waals surface area contributed by atoms with E-state index >= 15 is 0 Å². The lowest BCUT2D eigenvalue weighted by atomic mass is 9.88. The summed E-state index contributed by atoms with van der Waals surface area (Å²) in [5, 5.41) is 8.69. The molecular weight excluding hydrogens is 166 g/mol. The van der Waals surface area contributed by atoms with E-state index in [2.05, 4.69) is 0 Å². The van der Waals surface area contributed by atoms with Gasteiger partial charge in [0.2, 0.25) is 5.91 Å². The Bertz CT molecular complexity index is 164. The van der Waals surface area contributed by atoms with E-state index < -0.39 is 0 Å². The summed E-state index contributed by atoms with van der Waals surface area (Å²) in [5.74, 6) is 0.444. The van der Waals surface area contributed by atoms with Gasteiger partial charge in [0.05, 0.1) is 6.61 Å². The molecule has 1 aliphatic carbocycles. The van der Waals surface area contributed by atoms with Crippen molar-refractivity contribution in [1.82, 2.24) is 4.90 Å². The smallest absolute Gasteiger partial charge is 0.225 e. The van der Waals surface area contributed by atoms with Crippen LogP contribution < -0.4 is 0 Å². The molecule has 1 fully saturated rings. The molecule has 0 atom stereocenters. The van der Waals surface area contributed by atoms with Crippen LogP contribution in [-0.2, 0) is 4.79 Å². The SMILES string of the molecule is CN(CCO)C(=O)C1CCCCC1. The first-order valence-electron chi connectivity index (χ1n) is 5.11. The van der Waals surface area contributed by atoms with Crippen LogP contribution in [0.15, 0.2) is 0 Å². The molecule has 3 heteroatoms. The van der Waals surface area contributed by atoms with E-state index in [9.17, 15) is 4.79 Å². The van der Waals surface area contributed by atoms with Crippen LogP contribution in [0.25, 0.3) is 0 Å². The number of aliphatic hydroxyl groups is 1. The fraction of sp³-hybridized carbons (Fsp3) is 0.900. The predicted octanol–water partition coefficient (Wildman–Crippen LogP) is 1.02. The molecule has 13 heavy (non-hydrogen) atoms. The Labute approximate surface area is 79.7 Å². The molecule has 1 saturated carbocycles. The number of rotatable bonds is 3. The Morgan fingerprint density at radius 2 is 2.00 bits per heavy atom. The lowest BCUT2D eigenvalue weighted by molar-refractivity contribution is -0.135. The van der Waals surface area contributed by atoms with Gasteiger partial charge >= 0.3 is 0 Å². The number of hydrogen-bond donors (Lipinski definition) is 1. The first-order chi connectivity index (χ1) is 6.25. The molecule has 0 saturated heterocycles. The Hall–Kier alpha value is -0.570. The first kappa shape index (κ1) is 10.5. The summed E-state index contributed by atoms with van der Waals surface area (Å²) in [7, 11) is 1.77. The van der Waals surface area contributed by atoms with Gasteiger partial charge in [0.1, 0.15) is 0 Å². The number of nitrogens with zero attached hydrogens (tertiary/aromatic N) is 1. The quantitative estimate of drug-likeness (QED) is 0.713. The van der Waals surface area contributed by atoms with Crippen molar-refractivity contribution < 1.29 is 9.90 Å². The van der Waals surface area contributed by atoms with Crippen molar-refractivity contribution in [2.24, 2.45) is 5.92 Å². The zero-order valence-corrected chi connectivity index (χ0v) is 8.33. The molecule has 0 radical (unpaired) electrons. The molecule has 0 heterocycles. The number of carbonyl (C=O) groups excluding carboxylic acids is 1. The minimum atomic E-state index is 0.0644. The lowest BCUT2D eigenvalue weighted by Gasteiger charge is -2.25. The standard InChI is InChI=1S/C10H19NO2/c1-11(7-8-12)10(13)9-5-3-2-4-6-9/h9,12H,2-8H2,1H3. The maximum atomic E-state index is 11.7. The summed E-state index contributed by atoms with van der Waals surface area (Å²) in [6.45, 7) is 0.532. The van der Waals surface area contributed by atoms with Crippen molar-refractivity contribution in [2.45, 2.75) is 32.1 Å². The number of carbonyl (C=O) groups is 1. The largest absolute Gasteiger partial charge is 0.395 e. The molecule has 0 unspecified atom stereocenters. The highest BCUT2D eigenvalue weighted by atomic mass is 16.3. The Morgan fingerprint density at radius 3 is 2.54 bits per heavy atom. The number of likely N-dealkylation sites (N-methyl/N-ethyl adjacent to an activating group) is 1. The van der Waals surface area contributed by atoms with Crippen LogP contribution in [-0.4, -0.2) is 36.1 Å². The van der Waals surface area contributed by atoms with E-state index in [4.69, 9.17) is 5.11 Å². The van der Waals surface area contributed by atoms with Crippen molar-refractivity contribution in [3.63, 3.8) is 0 Å². The van der Waals surface area contributed by atoms with E-state index in [-0.39, 0.29) is 18.4 Å². The minimum Gasteiger partial charge on any atom is -0.395 e. The van der Waals surface area contributed by atoms with Crippen molar-refractivity contribution in [3.8, 4) is 0 Å². The molecule has 0 aliphatic heterocycles. The van der Waals surface area contributed by atoms with Gasteiger partial charge in [-0.2, -0.15) is 0 Å². The second-order valence-electron chi connectivity index (χ2n) is 3.82. The second kappa shape index (κ2) is 5.22. The van der Waals surface area contributed by atoms with Crippen LogP contribution in [0.3, 0.4) is 0 Å². The zero-order chi connectivity index (χ0) is 9.68. The molecule has 1 amide bonds. The van der Waals surface area contributed by atoms with Crippen molar-refractivity contribution >= 4 is 5.91 Å². The summed E-state index contributed by atoms with van der Waals surface area (Å²) < 4.78 is 0. The molecule has 0 aromatic heterocycles. The summed E-state index contributed by atoms with van der Waals surface area (Å²) in [4.78, 5) is 13.4. The Balaban J connectivity index is 2.36. The molecule has 1 rings (SSSR count). The molecule has 76 valence electrons. The fourth-order valence-corrected chi connectivity index (χ4v) is 1.92. The molecule has 0 bridgehead atoms. The first-order valence-corrected chi connectivity index (χ1v) is 5.11.